The number of anilines is 3. The van der Waals surface area contributed by atoms with Crippen molar-refractivity contribution in [2.75, 3.05) is 10.7 Å². The average Bonchev–Trinajstić information content (AvgIpc) is 2.41. The molecular weight excluding hydrogens is 333 g/mol. The number of nitrogens with one attached hydrogen (secondary N) is 2. The monoisotopic (exact) mass is 341 g/mol. The molecule has 0 fully saturated rings. The number of nitrogens with zero attached hydrogens (tertiary/aromatic N) is 2. The Hall–Kier alpha value is -2.26. The molecule has 1 aromatic carbocycles. The summed E-state index contributed by atoms with van der Waals surface area (Å²) in [5.74, 6) is 5.15. The van der Waals surface area contributed by atoms with Crippen LogP contribution in [0, 0.1) is 15.9 Å². The van der Waals surface area contributed by atoms with E-state index in [-0.39, 0.29) is 17.3 Å². The Morgan fingerprint density at radius 1 is 1.30 bits per heavy atom. The van der Waals surface area contributed by atoms with Crippen LogP contribution in [-0.2, 0) is 0 Å². The fourth-order valence-electron chi connectivity index (χ4n) is 1.49. The molecule has 0 saturated carbocycles. The van der Waals surface area contributed by atoms with Crippen LogP contribution in [0.3, 0.4) is 0 Å². The van der Waals surface area contributed by atoms with Gasteiger partial charge < -0.3 is 10.7 Å². The van der Waals surface area contributed by atoms with Crippen molar-refractivity contribution >= 4 is 38.9 Å². The first-order valence-corrected chi connectivity index (χ1v) is 6.14. The second-order valence-electron chi connectivity index (χ2n) is 3.75. The molecule has 0 atom stereocenters. The summed E-state index contributed by atoms with van der Waals surface area (Å²) in [6, 6.07) is 6.45. The van der Waals surface area contributed by atoms with Crippen LogP contribution in [0.5, 0.6) is 0 Å². The van der Waals surface area contributed by atoms with E-state index < -0.39 is 10.7 Å². The summed E-state index contributed by atoms with van der Waals surface area (Å²) in [7, 11) is 0. The molecule has 2 aromatic rings. The molecule has 0 aliphatic carbocycles. The minimum Gasteiger partial charge on any atom is -0.339 e. The predicted octanol–water partition coefficient (Wildman–Crippen LogP) is 2.92. The number of hydrogen-bond acceptors (Lipinski definition) is 6. The standard InChI is InChI=1S/C11H9BrFN5O2/c12-8-3-6(13)1-2-9(8)15-10-4-7(18(19)20)5-11(16-10)17-14/h1-5H,14H2,(H2,15,16,17). The van der Waals surface area contributed by atoms with Crippen LogP contribution in [0.1, 0.15) is 0 Å². The molecule has 0 aliphatic rings. The van der Waals surface area contributed by atoms with Gasteiger partial charge in [-0.3, -0.25) is 10.1 Å². The van der Waals surface area contributed by atoms with Gasteiger partial charge in [0.2, 0.25) is 0 Å². The van der Waals surface area contributed by atoms with Crippen molar-refractivity contribution in [2.24, 2.45) is 5.84 Å². The number of hydrogen-bond donors (Lipinski definition) is 3. The first kappa shape index (κ1) is 14.2. The number of nitrogen functional groups attached to an aromatic ring is 1. The molecule has 0 unspecified atom stereocenters. The maximum Gasteiger partial charge on any atom is 0.276 e. The van der Waals surface area contributed by atoms with E-state index in [0.29, 0.717) is 10.2 Å². The van der Waals surface area contributed by atoms with Crippen molar-refractivity contribution < 1.29 is 9.31 Å². The molecular formula is C11H9BrFN5O2. The van der Waals surface area contributed by atoms with Gasteiger partial charge in [0.25, 0.3) is 5.69 Å². The van der Waals surface area contributed by atoms with Crippen LogP contribution in [0.25, 0.3) is 0 Å². The summed E-state index contributed by atoms with van der Waals surface area (Å²) >= 11 is 3.18. The first-order valence-electron chi connectivity index (χ1n) is 5.35. The lowest BCUT2D eigenvalue weighted by Gasteiger charge is -2.09. The Kier molecular flexibility index (Phi) is 4.11. The number of halogens is 2. The number of nitrogens with two attached hydrogens (primary N) is 1. The van der Waals surface area contributed by atoms with E-state index in [2.05, 4.69) is 31.7 Å². The zero-order chi connectivity index (χ0) is 14.7. The SMILES string of the molecule is NNc1cc([N+](=O)[O-])cc(Nc2ccc(F)cc2Br)n1. The molecule has 0 spiro atoms. The first-order chi connectivity index (χ1) is 9.49. The highest BCUT2D eigenvalue weighted by Gasteiger charge is 2.12. The van der Waals surface area contributed by atoms with Crippen LogP contribution in [0.2, 0.25) is 0 Å². The Bertz CT molecular complexity index is 667. The van der Waals surface area contributed by atoms with E-state index >= 15 is 0 Å². The normalized spacial score (nSPS) is 10.2. The van der Waals surface area contributed by atoms with Crippen molar-refractivity contribution in [3.63, 3.8) is 0 Å². The third-order valence-electron chi connectivity index (χ3n) is 2.36. The smallest absolute Gasteiger partial charge is 0.276 e. The van der Waals surface area contributed by atoms with Crippen LogP contribution in [0.4, 0.5) is 27.4 Å². The lowest BCUT2D eigenvalue weighted by Crippen LogP contribution is -2.10. The summed E-state index contributed by atoms with van der Waals surface area (Å²) in [5.41, 5.74) is 2.59. The summed E-state index contributed by atoms with van der Waals surface area (Å²) in [6.45, 7) is 0. The third kappa shape index (κ3) is 3.19. The van der Waals surface area contributed by atoms with Crippen LogP contribution in [0.15, 0.2) is 34.8 Å². The molecule has 4 N–H and O–H groups in total. The van der Waals surface area contributed by atoms with Gasteiger partial charge in [0.1, 0.15) is 17.5 Å². The summed E-state index contributed by atoms with van der Waals surface area (Å²) in [4.78, 5) is 14.3. The number of hydrazine groups is 1. The van der Waals surface area contributed by atoms with E-state index in [0.717, 1.165) is 0 Å². The van der Waals surface area contributed by atoms with E-state index in [4.69, 9.17) is 5.84 Å². The summed E-state index contributed by atoms with van der Waals surface area (Å²) in [6.07, 6.45) is 0. The van der Waals surface area contributed by atoms with Gasteiger partial charge in [0.15, 0.2) is 0 Å². The van der Waals surface area contributed by atoms with Crippen molar-refractivity contribution in [1.29, 1.82) is 0 Å². The molecule has 2 rings (SSSR count). The molecule has 104 valence electrons. The second-order valence-corrected chi connectivity index (χ2v) is 4.60. The molecule has 1 heterocycles. The number of aromatic nitrogens is 1. The zero-order valence-electron chi connectivity index (χ0n) is 9.93. The molecule has 7 nitrogen and oxygen atoms in total. The molecule has 0 radical (unpaired) electrons. The van der Waals surface area contributed by atoms with Gasteiger partial charge in [-0.1, -0.05) is 0 Å². The predicted molar refractivity (Wildman–Crippen MR) is 76.1 cm³/mol. The fourth-order valence-corrected chi connectivity index (χ4v) is 1.94. The highest BCUT2D eigenvalue weighted by Crippen LogP contribution is 2.28. The van der Waals surface area contributed by atoms with E-state index in [1.54, 1.807) is 0 Å². The number of nitro groups is 1. The van der Waals surface area contributed by atoms with Crippen molar-refractivity contribution in [3.8, 4) is 0 Å². The molecule has 9 heteroatoms. The Morgan fingerprint density at radius 2 is 2.00 bits per heavy atom. The Labute approximate surface area is 121 Å². The molecule has 0 bridgehead atoms. The Morgan fingerprint density at radius 3 is 2.60 bits per heavy atom. The third-order valence-corrected chi connectivity index (χ3v) is 3.02. The molecule has 0 aliphatic heterocycles. The van der Waals surface area contributed by atoms with E-state index in [1.165, 1.54) is 30.3 Å². The molecule has 0 saturated heterocycles. The number of benzene rings is 1. The minimum atomic E-state index is -0.562. The van der Waals surface area contributed by atoms with Gasteiger partial charge >= 0.3 is 0 Å². The van der Waals surface area contributed by atoms with Crippen LogP contribution in [-0.4, -0.2) is 9.91 Å². The lowest BCUT2D eigenvalue weighted by molar-refractivity contribution is -0.384. The molecule has 20 heavy (non-hydrogen) atoms. The summed E-state index contributed by atoms with van der Waals surface area (Å²) in [5, 5.41) is 13.7. The van der Waals surface area contributed by atoms with Gasteiger partial charge in [-0.15, -0.1) is 0 Å². The quantitative estimate of drug-likeness (QED) is 0.448. The highest BCUT2D eigenvalue weighted by atomic mass is 79.9. The maximum atomic E-state index is 13.0. The van der Waals surface area contributed by atoms with Crippen LogP contribution >= 0.6 is 15.9 Å². The second kappa shape index (κ2) is 5.80. The van der Waals surface area contributed by atoms with Gasteiger partial charge in [0.05, 0.1) is 22.7 Å². The topological polar surface area (TPSA) is 106 Å². The zero-order valence-corrected chi connectivity index (χ0v) is 11.5. The largest absolute Gasteiger partial charge is 0.339 e. The van der Waals surface area contributed by atoms with Gasteiger partial charge in [-0.25, -0.2) is 15.2 Å². The fraction of sp³-hybridized carbons (Fsp3) is 0. The minimum absolute atomic E-state index is 0.139. The molecule has 1 aromatic heterocycles. The molecule has 0 amide bonds. The summed E-state index contributed by atoms with van der Waals surface area (Å²) < 4.78 is 13.5. The van der Waals surface area contributed by atoms with Crippen molar-refractivity contribution in [1.82, 2.24) is 4.98 Å². The lowest BCUT2D eigenvalue weighted by atomic mass is 10.3. The van der Waals surface area contributed by atoms with E-state index in [1.807, 2.05) is 0 Å². The van der Waals surface area contributed by atoms with Gasteiger partial charge in [-0.2, -0.15) is 0 Å². The van der Waals surface area contributed by atoms with E-state index in [9.17, 15) is 14.5 Å². The Balaban J connectivity index is 2.37. The van der Waals surface area contributed by atoms with Crippen molar-refractivity contribution in [2.45, 2.75) is 0 Å². The average molecular weight is 342 g/mol. The maximum absolute atomic E-state index is 13.0. The van der Waals surface area contributed by atoms with Gasteiger partial charge in [-0.05, 0) is 34.1 Å². The number of rotatable bonds is 4. The number of pyridine rings is 1. The van der Waals surface area contributed by atoms with Crippen LogP contribution < -0.4 is 16.6 Å². The van der Waals surface area contributed by atoms with Crippen molar-refractivity contribution in [3.05, 3.63) is 50.7 Å². The highest BCUT2D eigenvalue weighted by molar-refractivity contribution is 9.10. The van der Waals surface area contributed by atoms with Gasteiger partial charge in [0, 0.05) is 4.47 Å².